The summed E-state index contributed by atoms with van der Waals surface area (Å²) in [6.45, 7) is 4.47. The maximum Gasteiger partial charge on any atom is 0.267 e. The summed E-state index contributed by atoms with van der Waals surface area (Å²) in [6, 6.07) is 22.1. The third-order valence-electron chi connectivity index (χ3n) is 5.04. The average Bonchev–Trinajstić information content (AvgIpc) is 2.77. The van der Waals surface area contributed by atoms with Crippen molar-refractivity contribution in [2.45, 2.75) is 20.0 Å². The zero-order chi connectivity index (χ0) is 21.8. The topological polar surface area (TPSA) is 67.9 Å². The molecule has 3 aromatic rings. The van der Waals surface area contributed by atoms with Crippen LogP contribution in [0.25, 0.3) is 0 Å². The van der Waals surface area contributed by atoms with Crippen LogP contribution < -0.4 is 19.7 Å². The lowest BCUT2D eigenvalue weighted by Crippen LogP contribution is -2.46. The Morgan fingerprint density at radius 2 is 1.87 bits per heavy atom. The van der Waals surface area contributed by atoms with Crippen molar-refractivity contribution < 1.29 is 19.1 Å². The Labute approximate surface area is 181 Å². The first-order valence-electron chi connectivity index (χ1n) is 10.2. The summed E-state index contributed by atoms with van der Waals surface area (Å²) in [7, 11) is 0. The normalized spacial score (nSPS) is 15.1. The van der Waals surface area contributed by atoms with Crippen LogP contribution >= 0.6 is 0 Å². The molecule has 1 unspecified atom stereocenters. The number of carbonyl (C=O) groups excluding carboxylic acids is 2. The molecule has 0 fully saturated rings. The van der Waals surface area contributed by atoms with Crippen LogP contribution in [0.4, 0.5) is 11.4 Å². The predicted octanol–water partition coefficient (Wildman–Crippen LogP) is 4.44. The van der Waals surface area contributed by atoms with Crippen LogP contribution in [0, 0.1) is 6.92 Å². The molecule has 1 N–H and O–H groups in total. The van der Waals surface area contributed by atoms with Gasteiger partial charge in [0.05, 0.1) is 12.2 Å². The van der Waals surface area contributed by atoms with Crippen molar-refractivity contribution in [1.82, 2.24) is 0 Å². The highest BCUT2D eigenvalue weighted by molar-refractivity contribution is 6.05. The van der Waals surface area contributed by atoms with E-state index in [-0.39, 0.29) is 11.8 Å². The summed E-state index contributed by atoms with van der Waals surface area (Å²) in [4.78, 5) is 26.8. The first kappa shape index (κ1) is 20.5. The van der Waals surface area contributed by atoms with Gasteiger partial charge in [0.1, 0.15) is 18.1 Å². The Kier molecular flexibility index (Phi) is 5.89. The summed E-state index contributed by atoms with van der Waals surface area (Å²) in [5.74, 6) is 0.992. The first-order chi connectivity index (χ1) is 15.0. The second-order valence-electron chi connectivity index (χ2n) is 7.42. The van der Waals surface area contributed by atoms with E-state index < -0.39 is 6.10 Å². The summed E-state index contributed by atoms with van der Waals surface area (Å²) in [5, 5.41) is 2.87. The molecule has 0 bridgehead atoms. The van der Waals surface area contributed by atoms with E-state index in [1.165, 1.54) is 0 Å². The molecule has 0 aliphatic carbocycles. The maximum atomic E-state index is 12.7. The number of nitrogens with zero attached hydrogens (tertiary/aromatic N) is 1. The van der Waals surface area contributed by atoms with Crippen molar-refractivity contribution in [3.8, 4) is 11.5 Å². The van der Waals surface area contributed by atoms with Crippen molar-refractivity contribution in [1.29, 1.82) is 0 Å². The van der Waals surface area contributed by atoms with Gasteiger partial charge in [-0.1, -0.05) is 30.3 Å². The molecule has 1 aliphatic heterocycles. The van der Waals surface area contributed by atoms with Crippen molar-refractivity contribution in [2.24, 2.45) is 0 Å². The highest BCUT2D eigenvalue weighted by atomic mass is 16.5. The second-order valence-corrected chi connectivity index (χ2v) is 7.42. The Hall–Kier alpha value is -3.80. The number of aryl methyl sites for hydroxylation is 1. The lowest BCUT2D eigenvalue weighted by molar-refractivity contribution is -0.125. The van der Waals surface area contributed by atoms with Gasteiger partial charge in [0.2, 0.25) is 0 Å². The van der Waals surface area contributed by atoms with Crippen molar-refractivity contribution in [3.63, 3.8) is 0 Å². The van der Waals surface area contributed by atoms with Crippen LogP contribution in [-0.4, -0.2) is 31.1 Å². The summed E-state index contributed by atoms with van der Waals surface area (Å²) in [6.07, 6.45) is -0.619. The Morgan fingerprint density at radius 1 is 1.06 bits per heavy atom. The highest BCUT2D eigenvalue weighted by Crippen LogP contribution is 2.36. The molecular weight excluding hydrogens is 392 g/mol. The largest absolute Gasteiger partial charge is 0.492 e. The zero-order valence-electron chi connectivity index (χ0n) is 17.5. The fourth-order valence-electron chi connectivity index (χ4n) is 3.47. The molecule has 3 aromatic carbocycles. The molecule has 158 valence electrons. The van der Waals surface area contributed by atoms with E-state index in [0.717, 1.165) is 11.3 Å². The van der Waals surface area contributed by atoms with Gasteiger partial charge in [0, 0.05) is 17.3 Å². The second kappa shape index (κ2) is 8.92. The minimum atomic E-state index is -0.619. The Balaban J connectivity index is 1.48. The first-order valence-corrected chi connectivity index (χ1v) is 10.2. The van der Waals surface area contributed by atoms with E-state index in [1.807, 2.05) is 49.4 Å². The molecule has 0 spiro atoms. The molecular formula is C25H24N2O4. The van der Waals surface area contributed by atoms with Crippen molar-refractivity contribution in [3.05, 3.63) is 83.9 Å². The van der Waals surface area contributed by atoms with Gasteiger partial charge in [-0.3, -0.25) is 9.59 Å². The van der Waals surface area contributed by atoms with Crippen LogP contribution in [0.2, 0.25) is 0 Å². The number of nitrogens with one attached hydrogen (secondary N) is 1. The van der Waals surface area contributed by atoms with Gasteiger partial charge in [0.15, 0.2) is 6.10 Å². The maximum absolute atomic E-state index is 12.7. The van der Waals surface area contributed by atoms with Crippen LogP contribution in [-0.2, 0) is 4.79 Å². The van der Waals surface area contributed by atoms with Gasteiger partial charge in [-0.15, -0.1) is 0 Å². The number of anilines is 2. The van der Waals surface area contributed by atoms with Gasteiger partial charge in [0.25, 0.3) is 11.8 Å². The lowest BCUT2D eigenvalue weighted by Gasteiger charge is -2.33. The van der Waals surface area contributed by atoms with Crippen LogP contribution in [0.1, 0.15) is 22.8 Å². The Bertz CT molecular complexity index is 1100. The van der Waals surface area contributed by atoms with E-state index in [4.69, 9.17) is 9.47 Å². The zero-order valence-corrected chi connectivity index (χ0v) is 17.5. The number of hydrogen-bond donors (Lipinski definition) is 1. The van der Waals surface area contributed by atoms with Crippen LogP contribution in [0.15, 0.2) is 72.8 Å². The number of hydrogen-bond acceptors (Lipinski definition) is 4. The molecule has 1 heterocycles. The summed E-state index contributed by atoms with van der Waals surface area (Å²) in [5.41, 5.74) is 2.95. The number of rotatable bonds is 6. The number of fused-ring (bicyclic) bond motifs is 1. The fourth-order valence-corrected chi connectivity index (χ4v) is 3.47. The smallest absolute Gasteiger partial charge is 0.267 e. The third kappa shape index (κ3) is 4.69. The lowest BCUT2D eigenvalue weighted by atomic mass is 10.1. The molecule has 1 atom stereocenters. The summed E-state index contributed by atoms with van der Waals surface area (Å²) < 4.78 is 11.6. The number of ether oxygens (including phenoxy) is 2. The molecule has 2 amide bonds. The van der Waals surface area contributed by atoms with Crippen LogP contribution in [0.5, 0.6) is 11.5 Å². The number of benzene rings is 3. The molecule has 1 aliphatic rings. The highest BCUT2D eigenvalue weighted by Gasteiger charge is 2.31. The van der Waals surface area contributed by atoms with Crippen molar-refractivity contribution in [2.75, 3.05) is 23.4 Å². The Morgan fingerprint density at radius 3 is 2.65 bits per heavy atom. The van der Waals surface area contributed by atoms with E-state index in [2.05, 4.69) is 5.32 Å². The van der Waals surface area contributed by atoms with Gasteiger partial charge in [-0.25, -0.2) is 0 Å². The minimum Gasteiger partial charge on any atom is -0.492 e. The van der Waals surface area contributed by atoms with Crippen LogP contribution in [0.3, 0.4) is 0 Å². The summed E-state index contributed by atoms with van der Waals surface area (Å²) >= 11 is 0. The van der Waals surface area contributed by atoms with Gasteiger partial charge >= 0.3 is 0 Å². The van der Waals surface area contributed by atoms with E-state index in [0.29, 0.717) is 35.8 Å². The molecule has 4 rings (SSSR count). The molecule has 0 saturated carbocycles. The van der Waals surface area contributed by atoms with Gasteiger partial charge in [-0.2, -0.15) is 0 Å². The number of carbonyl (C=O) groups is 2. The minimum absolute atomic E-state index is 0.124. The monoisotopic (exact) mass is 416 g/mol. The molecule has 31 heavy (non-hydrogen) atoms. The number of amides is 2. The van der Waals surface area contributed by atoms with Gasteiger partial charge in [-0.05, 0) is 55.8 Å². The quantitative estimate of drug-likeness (QED) is 0.645. The predicted molar refractivity (Wildman–Crippen MR) is 120 cm³/mol. The molecule has 0 radical (unpaired) electrons. The van der Waals surface area contributed by atoms with E-state index in [9.17, 15) is 9.59 Å². The molecule has 6 nitrogen and oxygen atoms in total. The molecule has 6 heteroatoms. The standard InChI is InChI=1S/C25H24N2O4/c1-17-7-6-10-21(15-17)30-14-13-27-22-12-11-20(16-23(22)31-18(2)25(27)29)26-24(28)19-8-4-3-5-9-19/h3-12,15-16,18H,13-14H2,1-2H3,(H,26,28). The van der Waals surface area contributed by atoms with E-state index >= 15 is 0 Å². The fraction of sp³-hybridized carbons (Fsp3) is 0.200. The van der Waals surface area contributed by atoms with Gasteiger partial charge < -0.3 is 19.7 Å². The average molecular weight is 416 g/mol. The SMILES string of the molecule is Cc1cccc(OCCN2C(=O)C(C)Oc3cc(NC(=O)c4ccccc4)ccc32)c1. The van der Waals surface area contributed by atoms with Crippen molar-refractivity contribution >= 4 is 23.2 Å². The molecule has 0 aromatic heterocycles. The van der Waals surface area contributed by atoms with E-state index in [1.54, 1.807) is 42.2 Å². The molecule has 0 saturated heterocycles. The third-order valence-corrected chi connectivity index (χ3v) is 5.04.